The summed E-state index contributed by atoms with van der Waals surface area (Å²) in [6, 6.07) is 0.700. The molecule has 0 amide bonds. The lowest BCUT2D eigenvalue weighted by atomic mass is 10.5. The second kappa shape index (κ2) is 3.06. The van der Waals surface area contributed by atoms with Crippen LogP contribution in [-0.4, -0.2) is 16.0 Å². The van der Waals surface area contributed by atoms with Crippen LogP contribution in [0, 0.1) is 0 Å². The highest BCUT2D eigenvalue weighted by molar-refractivity contribution is 5.30. The van der Waals surface area contributed by atoms with Crippen LogP contribution < -0.4 is 11.1 Å². The Bertz CT molecular complexity index is 252. The predicted molar refractivity (Wildman–Crippen MR) is 46.3 cm³/mol. The highest BCUT2D eigenvalue weighted by Gasteiger charge is 2.20. The van der Waals surface area contributed by atoms with Crippen molar-refractivity contribution in [2.45, 2.75) is 25.4 Å². The van der Waals surface area contributed by atoms with Crippen LogP contribution in [0.4, 0.5) is 5.69 Å². The molecule has 0 saturated heterocycles. The van der Waals surface area contributed by atoms with Gasteiger partial charge in [0, 0.05) is 6.04 Å². The van der Waals surface area contributed by atoms with Gasteiger partial charge in [-0.2, -0.15) is 0 Å². The summed E-state index contributed by atoms with van der Waals surface area (Å²) >= 11 is 0. The average Bonchev–Trinajstić information content (AvgIpc) is 2.87. The maximum Gasteiger partial charge on any atom is 0.142 e. The van der Waals surface area contributed by atoms with E-state index in [-0.39, 0.29) is 0 Å². The van der Waals surface area contributed by atoms with E-state index in [0.29, 0.717) is 11.7 Å². The van der Waals surface area contributed by atoms with Crippen LogP contribution in [0.2, 0.25) is 0 Å². The van der Waals surface area contributed by atoms with Gasteiger partial charge in [0.2, 0.25) is 0 Å². The number of nitrogens with two attached hydrogens (primary N) is 1. The lowest BCUT2D eigenvalue weighted by molar-refractivity contribution is 0.658. The van der Waals surface area contributed by atoms with Gasteiger partial charge >= 0.3 is 0 Å². The Hall–Kier alpha value is -1.16. The van der Waals surface area contributed by atoms with Crippen LogP contribution in [0.1, 0.15) is 18.7 Å². The molecule has 1 aromatic rings. The van der Waals surface area contributed by atoms with Crippen LogP contribution in [0.25, 0.3) is 0 Å². The first-order chi connectivity index (χ1) is 5.84. The largest absolute Gasteiger partial charge is 0.396 e. The third-order valence-corrected chi connectivity index (χ3v) is 1.85. The number of aromatic nitrogens is 2. The number of nitrogens with zero attached hydrogens (tertiary/aromatic N) is 2. The molecule has 4 heteroatoms. The van der Waals surface area contributed by atoms with Crippen LogP contribution in [0.5, 0.6) is 0 Å². The van der Waals surface area contributed by atoms with Crippen molar-refractivity contribution in [3.63, 3.8) is 0 Å². The standard InChI is InChI=1S/C8H12N4/c9-6-3-11-8(12-4-6)5-10-7-1-2-7/h3-4,7,10H,1-2,5,9H2. The van der Waals surface area contributed by atoms with E-state index in [1.165, 1.54) is 12.8 Å². The molecular formula is C8H12N4. The van der Waals surface area contributed by atoms with Crippen LogP contribution in [-0.2, 0) is 6.54 Å². The molecule has 1 aromatic heterocycles. The van der Waals surface area contributed by atoms with Gasteiger partial charge in [-0.3, -0.25) is 0 Å². The third-order valence-electron chi connectivity index (χ3n) is 1.85. The Morgan fingerprint density at radius 2 is 2.08 bits per heavy atom. The lowest BCUT2D eigenvalue weighted by Gasteiger charge is -2.00. The van der Waals surface area contributed by atoms with E-state index in [9.17, 15) is 0 Å². The predicted octanol–water partition coefficient (Wildman–Crippen LogP) is 0.311. The van der Waals surface area contributed by atoms with Gasteiger partial charge in [0.15, 0.2) is 0 Å². The summed E-state index contributed by atoms with van der Waals surface area (Å²) < 4.78 is 0. The monoisotopic (exact) mass is 164 g/mol. The van der Waals surface area contributed by atoms with Gasteiger partial charge in [-0.05, 0) is 12.8 Å². The minimum atomic E-state index is 0.616. The van der Waals surface area contributed by atoms with E-state index in [2.05, 4.69) is 15.3 Å². The first kappa shape index (κ1) is 7.49. The molecule has 4 nitrogen and oxygen atoms in total. The number of anilines is 1. The fraction of sp³-hybridized carbons (Fsp3) is 0.500. The molecule has 64 valence electrons. The van der Waals surface area contributed by atoms with Crippen LogP contribution >= 0.6 is 0 Å². The number of nitrogens with one attached hydrogen (secondary N) is 1. The van der Waals surface area contributed by atoms with E-state index >= 15 is 0 Å². The Kier molecular flexibility index (Phi) is 1.91. The van der Waals surface area contributed by atoms with E-state index in [1.54, 1.807) is 12.4 Å². The zero-order valence-electron chi connectivity index (χ0n) is 6.83. The van der Waals surface area contributed by atoms with Crippen molar-refractivity contribution in [2.75, 3.05) is 5.73 Å². The van der Waals surface area contributed by atoms with Crippen molar-refractivity contribution in [2.24, 2.45) is 0 Å². The van der Waals surface area contributed by atoms with Gasteiger partial charge in [-0.25, -0.2) is 9.97 Å². The molecule has 2 rings (SSSR count). The summed E-state index contributed by atoms with van der Waals surface area (Å²) in [5.74, 6) is 0.816. The molecule has 0 bridgehead atoms. The van der Waals surface area contributed by atoms with Gasteiger partial charge < -0.3 is 11.1 Å². The summed E-state index contributed by atoms with van der Waals surface area (Å²) in [4.78, 5) is 8.16. The van der Waals surface area contributed by atoms with Gasteiger partial charge in [0.1, 0.15) is 5.82 Å². The van der Waals surface area contributed by atoms with Gasteiger partial charge in [-0.15, -0.1) is 0 Å². The fourth-order valence-electron chi connectivity index (χ4n) is 0.979. The minimum absolute atomic E-state index is 0.616. The molecule has 1 aliphatic carbocycles. The number of hydrogen-bond acceptors (Lipinski definition) is 4. The SMILES string of the molecule is Nc1cnc(CNC2CC2)nc1. The average molecular weight is 164 g/mol. The molecule has 12 heavy (non-hydrogen) atoms. The number of nitrogen functional groups attached to an aromatic ring is 1. The molecular weight excluding hydrogens is 152 g/mol. The first-order valence-corrected chi connectivity index (χ1v) is 4.14. The van der Waals surface area contributed by atoms with Crippen molar-refractivity contribution >= 4 is 5.69 Å². The molecule has 3 N–H and O–H groups in total. The lowest BCUT2D eigenvalue weighted by Crippen LogP contribution is -2.17. The molecule has 0 unspecified atom stereocenters. The van der Waals surface area contributed by atoms with Crippen molar-refractivity contribution in [3.05, 3.63) is 18.2 Å². The minimum Gasteiger partial charge on any atom is -0.396 e. The summed E-state index contributed by atoms with van der Waals surface area (Å²) in [5, 5.41) is 3.33. The molecule has 1 aliphatic rings. The highest BCUT2D eigenvalue weighted by Crippen LogP contribution is 2.18. The quantitative estimate of drug-likeness (QED) is 0.675. The second-order valence-electron chi connectivity index (χ2n) is 3.09. The Balaban J connectivity index is 1.89. The number of hydrogen-bond donors (Lipinski definition) is 2. The zero-order valence-corrected chi connectivity index (χ0v) is 6.83. The Morgan fingerprint density at radius 1 is 1.42 bits per heavy atom. The first-order valence-electron chi connectivity index (χ1n) is 4.14. The van der Waals surface area contributed by atoms with Crippen molar-refractivity contribution in [1.82, 2.24) is 15.3 Å². The maximum atomic E-state index is 5.45. The molecule has 0 aliphatic heterocycles. The fourth-order valence-corrected chi connectivity index (χ4v) is 0.979. The van der Waals surface area contributed by atoms with Crippen molar-refractivity contribution < 1.29 is 0 Å². The summed E-state index contributed by atoms with van der Waals surface area (Å²) in [5.41, 5.74) is 6.07. The molecule has 1 fully saturated rings. The van der Waals surface area contributed by atoms with Crippen molar-refractivity contribution in [3.8, 4) is 0 Å². The zero-order chi connectivity index (χ0) is 8.39. The van der Waals surface area contributed by atoms with E-state index in [1.807, 2.05) is 0 Å². The summed E-state index contributed by atoms with van der Waals surface area (Å²) in [6.45, 7) is 0.755. The topological polar surface area (TPSA) is 63.8 Å². The summed E-state index contributed by atoms with van der Waals surface area (Å²) in [6.07, 6.45) is 5.85. The van der Waals surface area contributed by atoms with E-state index in [4.69, 9.17) is 5.73 Å². The third kappa shape index (κ3) is 1.92. The molecule has 0 spiro atoms. The smallest absolute Gasteiger partial charge is 0.142 e. The van der Waals surface area contributed by atoms with Crippen molar-refractivity contribution in [1.29, 1.82) is 0 Å². The highest BCUT2D eigenvalue weighted by atomic mass is 15.0. The molecule has 1 heterocycles. The maximum absolute atomic E-state index is 5.45. The molecule has 0 aromatic carbocycles. The Morgan fingerprint density at radius 3 is 2.67 bits per heavy atom. The Labute approximate surface area is 71.2 Å². The van der Waals surface area contributed by atoms with Gasteiger partial charge in [0.25, 0.3) is 0 Å². The van der Waals surface area contributed by atoms with E-state index < -0.39 is 0 Å². The van der Waals surface area contributed by atoms with Crippen LogP contribution in [0.15, 0.2) is 12.4 Å². The summed E-state index contributed by atoms with van der Waals surface area (Å²) in [7, 11) is 0. The second-order valence-corrected chi connectivity index (χ2v) is 3.09. The number of rotatable bonds is 3. The van der Waals surface area contributed by atoms with Gasteiger partial charge in [-0.1, -0.05) is 0 Å². The molecule has 1 saturated carbocycles. The molecule has 0 atom stereocenters. The normalized spacial score (nSPS) is 16.3. The van der Waals surface area contributed by atoms with Gasteiger partial charge in [0.05, 0.1) is 24.6 Å². The van der Waals surface area contributed by atoms with E-state index in [0.717, 1.165) is 12.4 Å². The molecule has 0 radical (unpaired) electrons. The van der Waals surface area contributed by atoms with Crippen LogP contribution in [0.3, 0.4) is 0 Å².